The second kappa shape index (κ2) is 9.42. The smallest absolute Gasteiger partial charge is 0.329 e. The molecule has 1 saturated heterocycles. The van der Waals surface area contributed by atoms with Crippen LogP contribution in [0.1, 0.15) is 65.2 Å². The number of amides is 3. The molecule has 0 aromatic rings. The van der Waals surface area contributed by atoms with E-state index in [0.29, 0.717) is 44.8 Å². The third kappa shape index (κ3) is 5.36. The summed E-state index contributed by atoms with van der Waals surface area (Å²) in [5, 5.41) is 12.7. The largest absolute Gasteiger partial charge is 0.479 e. The monoisotopic (exact) mass is 381 g/mol. The van der Waals surface area contributed by atoms with Gasteiger partial charge in [0.2, 0.25) is 5.91 Å². The molecule has 2 rings (SSSR count). The van der Waals surface area contributed by atoms with Crippen molar-refractivity contribution in [3.63, 3.8) is 0 Å². The lowest BCUT2D eigenvalue weighted by atomic mass is 9.80. The van der Waals surface area contributed by atoms with Crippen LogP contribution in [0.5, 0.6) is 0 Å². The van der Waals surface area contributed by atoms with Gasteiger partial charge in [-0.2, -0.15) is 0 Å². The van der Waals surface area contributed by atoms with E-state index in [4.69, 9.17) is 0 Å². The molecule has 1 atom stereocenters. The summed E-state index contributed by atoms with van der Waals surface area (Å²) in [4.78, 5) is 40.3. The van der Waals surface area contributed by atoms with Crippen LogP contribution in [0.4, 0.5) is 4.79 Å². The molecule has 3 amide bonds. The lowest BCUT2D eigenvalue weighted by Crippen LogP contribution is -2.57. The molecule has 0 radical (unpaired) electrons. The first kappa shape index (κ1) is 21.5. The maximum atomic E-state index is 12.9. The molecule has 2 N–H and O–H groups in total. The number of rotatable bonds is 6. The number of hydrogen-bond acceptors (Lipinski definition) is 3. The zero-order valence-electron chi connectivity index (χ0n) is 17.0. The topological polar surface area (TPSA) is 90.0 Å². The first-order valence-corrected chi connectivity index (χ1v) is 10.3. The Bertz CT molecular complexity index is 543. The van der Waals surface area contributed by atoms with Crippen molar-refractivity contribution in [2.75, 3.05) is 26.7 Å². The maximum Gasteiger partial charge on any atom is 0.329 e. The maximum absolute atomic E-state index is 12.9. The van der Waals surface area contributed by atoms with Crippen molar-refractivity contribution >= 4 is 17.9 Å². The van der Waals surface area contributed by atoms with Gasteiger partial charge in [0.25, 0.3) is 0 Å². The Labute approximate surface area is 162 Å². The minimum Gasteiger partial charge on any atom is -0.479 e. The van der Waals surface area contributed by atoms with Gasteiger partial charge in [0.05, 0.1) is 0 Å². The number of hydrogen-bond donors (Lipinski definition) is 2. The van der Waals surface area contributed by atoms with E-state index in [1.165, 1.54) is 4.90 Å². The van der Waals surface area contributed by atoms with Gasteiger partial charge in [-0.1, -0.05) is 33.1 Å². The summed E-state index contributed by atoms with van der Waals surface area (Å²) in [5.74, 6) is -0.523. The standard InChI is InChI=1S/C20H35N3O4/c1-15(2)13-21-19(27)23-11-7-8-16(14-23)12-17(24)22(3)20(18(25)26)9-5-4-6-10-20/h15-16H,4-14H2,1-3H3,(H,21,27)(H,25,26). The fraction of sp³-hybridized carbons (Fsp3) is 0.850. The molecule has 0 spiro atoms. The predicted molar refractivity (Wildman–Crippen MR) is 103 cm³/mol. The second-order valence-electron chi connectivity index (χ2n) is 8.59. The summed E-state index contributed by atoms with van der Waals surface area (Å²) < 4.78 is 0. The van der Waals surface area contributed by atoms with Crippen molar-refractivity contribution < 1.29 is 19.5 Å². The van der Waals surface area contributed by atoms with Crippen LogP contribution in [-0.2, 0) is 9.59 Å². The molecule has 27 heavy (non-hydrogen) atoms. The first-order valence-electron chi connectivity index (χ1n) is 10.3. The van der Waals surface area contributed by atoms with E-state index in [9.17, 15) is 19.5 Å². The number of likely N-dealkylation sites (N-methyl/N-ethyl adjacent to an activating group) is 1. The molecule has 0 aromatic heterocycles. The van der Waals surface area contributed by atoms with E-state index in [-0.39, 0.29) is 17.9 Å². The number of likely N-dealkylation sites (tertiary alicyclic amines) is 1. The second-order valence-corrected chi connectivity index (χ2v) is 8.59. The first-order chi connectivity index (χ1) is 12.8. The minimum atomic E-state index is -1.06. The highest BCUT2D eigenvalue weighted by Gasteiger charge is 2.45. The molecule has 7 heteroatoms. The number of aliphatic carboxylic acids is 1. The molecule has 2 fully saturated rings. The van der Waals surface area contributed by atoms with E-state index in [0.717, 1.165) is 32.1 Å². The van der Waals surface area contributed by atoms with Gasteiger partial charge in [-0.25, -0.2) is 9.59 Å². The van der Waals surface area contributed by atoms with Gasteiger partial charge < -0.3 is 20.2 Å². The quantitative estimate of drug-likeness (QED) is 0.740. The van der Waals surface area contributed by atoms with E-state index in [2.05, 4.69) is 19.2 Å². The van der Waals surface area contributed by atoms with E-state index in [1.807, 2.05) is 0 Å². The van der Waals surface area contributed by atoms with Gasteiger partial charge in [-0.3, -0.25) is 4.79 Å². The van der Waals surface area contributed by atoms with Crippen molar-refractivity contribution in [2.45, 2.75) is 70.8 Å². The number of urea groups is 1. The van der Waals surface area contributed by atoms with Crippen LogP contribution in [0.15, 0.2) is 0 Å². The number of nitrogens with one attached hydrogen (secondary N) is 1. The Morgan fingerprint density at radius 2 is 1.85 bits per heavy atom. The van der Waals surface area contributed by atoms with Gasteiger partial charge in [0.15, 0.2) is 0 Å². The normalized spacial score (nSPS) is 22.4. The highest BCUT2D eigenvalue weighted by Crippen LogP contribution is 2.34. The van der Waals surface area contributed by atoms with E-state index >= 15 is 0 Å². The molecule has 1 heterocycles. The van der Waals surface area contributed by atoms with Gasteiger partial charge in [-0.15, -0.1) is 0 Å². The Hall–Kier alpha value is -1.79. The molecule has 154 valence electrons. The molecule has 2 aliphatic rings. The van der Waals surface area contributed by atoms with Crippen LogP contribution in [0.2, 0.25) is 0 Å². The Kier molecular flexibility index (Phi) is 7.50. The Morgan fingerprint density at radius 3 is 2.44 bits per heavy atom. The van der Waals surface area contributed by atoms with Crippen molar-refractivity contribution in [1.82, 2.24) is 15.1 Å². The average molecular weight is 382 g/mol. The fourth-order valence-corrected chi connectivity index (χ4v) is 4.27. The summed E-state index contributed by atoms with van der Waals surface area (Å²) in [7, 11) is 1.64. The number of carbonyl (C=O) groups is 3. The van der Waals surface area contributed by atoms with Gasteiger partial charge in [0, 0.05) is 33.1 Å². The number of nitrogens with zero attached hydrogens (tertiary/aromatic N) is 2. The van der Waals surface area contributed by atoms with Crippen LogP contribution < -0.4 is 5.32 Å². The third-order valence-corrected chi connectivity index (χ3v) is 6.03. The third-order valence-electron chi connectivity index (χ3n) is 6.03. The Morgan fingerprint density at radius 1 is 1.19 bits per heavy atom. The Balaban J connectivity index is 1.93. The van der Waals surface area contributed by atoms with E-state index in [1.54, 1.807) is 11.9 Å². The number of carbonyl (C=O) groups excluding carboxylic acids is 2. The molecule has 1 saturated carbocycles. The van der Waals surface area contributed by atoms with Crippen molar-refractivity contribution in [1.29, 1.82) is 0 Å². The van der Waals surface area contributed by atoms with Crippen LogP contribution in [0.3, 0.4) is 0 Å². The summed E-state index contributed by atoms with van der Waals surface area (Å²) in [5.41, 5.74) is -1.06. The number of piperidine rings is 1. The summed E-state index contributed by atoms with van der Waals surface area (Å²) in [6.45, 7) is 6.02. The van der Waals surface area contributed by atoms with Crippen molar-refractivity contribution in [2.24, 2.45) is 11.8 Å². The summed E-state index contributed by atoms with van der Waals surface area (Å²) >= 11 is 0. The van der Waals surface area contributed by atoms with Gasteiger partial charge in [0.1, 0.15) is 5.54 Å². The number of carboxylic acids is 1. The molecular weight excluding hydrogens is 346 g/mol. The zero-order chi connectivity index (χ0) is 20.0. The molecule has 0 bridgehead atoms. The van der Waals surface area contributed by atoms with Crippen molar-refractivity contribution in [3.8, 4) is 0 Å². The lowest BCUT2D eigenvalue weighted by Gasteiger charge is -2.42. The molecule has 1 aliphatic heterocycles. The highest BCUT2D eigenvalue weighted by molar-refractivity contribution is 5.87. The average Bonchev–Trinajstić information content (AvgIpc) is 2.66. The molecule has 7 nitrogen and oxygen atoms in total. The van der Waals surface area contributed by atoms with Gasteiger partial charge >= 0.3 is 12.0 Å². The summed E-state index contributed by atoms with van der Waals surface area (Å²) in [6, 6.07) is -0.0662. The van der Waals surface area contributed by atoms with Crippen LogP contribution >= 0.6 is 0 Å². The molecular formula is C20H35N3O4. The molecule has 0 aromatic carbocycles. The van der Waals surface area contributed by atoms with Gasteiger partial charge in [-0.05, 0) is 37.5 Å². The molecule has 1 unspecified atom stereocenters. The van der Waals surface area contributed by atoms with Crippen LogP contribution in [-0.4, -0.2) is 65.0 Å². The zero-order valence-corrected chi connectivity index (χ0v) is 17.0. The van der Waals surface area contributed by atoms with E-state index < -0.39 is 11.5 Å². The van der Waals surface area contributed by atoms with Crippen LogP contribution in [0.25, 0.3) is 0 Å². The SMILES string of the molecule is CC(C)CNC(=O)N1CCCC(CC(=O)N(C)C2(C(=O)O)CCCCC2)C1. The van der Waals surface area contributed by atoms with Crippen molar-refractivity contribution in [3.05, 3.63) is 0 Å². The minimum absolute atomic E-state index is 0.0662. The highest BCUT2D eigenvalue weighted by atomic mass is 16.4. The van der Waals surface area contributed by atoms with Crippen LogP contribution in [0, 0.1) is 11.8 Å². The molecule has 1 aliphatic carbocycles. The fourth-order valence-electron chi connectivity index (χ4n) is 4.27. The predicted octanol–water partition coefficient (Wildman–Crippen LogP) is 2.70. The summed E-state index contributed by atoms with van der Waals surface area (Å²) in [6.07, 6.45) is 5.85. The lowest BCUT2D eigenvalue weighted by molar-refractivity contribution is -0.160. The number of carboxylic acid groups (broad SMARTS) is 1.